The Bertz CT molecular complexity index is 439. The fourth-order valence-electron chi connectivity index (χ4n) is 3.32. The van der Waals surface area contributed by atoms with Crippen molar-refractivity contribution in [1.29, 1.82) is 0 Å². The largest absolute Gasteiger partial charge is 0.329 e. The summed E-state index contributed by atoms with van der Waals surface area (Å²) in [4.78, 5) is 2.59. The Morgan fingerprint density at radius 1 is 1.16 bits per heavy atom. The fourth-order valence-corrected chi connectivity index (χ4v) is 3.32. The molecule has 0 radical (unpaired) electrons. The van der Waals surface area contributed by atoms with E-state index in [1.165, 1.54) is 41.6 Å². The standard InChI is InChI=1S/C17H28N2/c1-12-6-5-7-19(17(12)10-18)11-16-9-14(3)13(2)8-15(16)4/h8-9,12,17H,5-7,10-11,18H2,1-4H3. The summed E-state index contributed by atoms with van der Waals surface area (Å²) in [5, 5.41) is 0. The SMILES string of the molecule is Cc1cc(C)c(CN2CCCC(C)C2CN)cc1C. The number of aryl methyl sites for hydroxylation is 3. The van der Waals surface area contributed by atoms with Gasteiger partial charge in [-0.1, -0.05) is 19.1 Å². The van der Waals surface area contributed by atoms with Gasteiger partial charge in [0.15, 0.2) is 0 Å². The van der Waals surface area contributed by atoms with Gasteiger partial charge in [-0.05, 0) is 68.3 Å². The Morgan fingerprint density at radius 2 is 1.84 bits per heavy atom. The summed E-state index contributed by atoms with van der Waals surface area (Å²) in [6, 6.07) is 5.22. The lowest BCUT2D eigenvalue weighted by Gasteiger charge is -2.39. The third-order valence-electron chi connectivity index (χ3n) is 4.80. The second-order valence-corrected chi connectivity index (χ2v) is 6.26. The molecule has 1 aromatic rings. The highest BCUT2D eigenvalue weighted by Crippen LogP contribution is 2.26. The number of nitrogens with two attached hydrogens (primary N) is 1. The molecule has 1 fully saturated rings. The highest BCUT2D eigenvalue weighted by molar-refractivity contribution is 5.36. The molecule has 2 rings (SSSR count). The summed E-state index contributed by atoms with van der Waals surface area (Å²) in [5.74, 6) is 0.727. The molecule has 1 heterocycles. The summed E-state index contributed by atoms with van der Waals surface area (Å²) >= 11 is 0. The lowest BCUT2D eigenvalue weighted by molar-refractivity contribution is 0.0989. The molecule has 1 aromatic carbocycles. The van der Waals surface area contributed by atoms with Crippen LogP contribution in [0.2, 0.25) is 0 Å². The van der Waals surface area contributed by atoms with Crippen molar-refractivity contribution in [3.05, 3.63) is 34.4 Å². The third-order valence-corrected chi connectivity index (χ3v) is 4.80. The summed E-state index contributed by atoms with van der Waals surface area (Å²) < 4.78 is 0. The minimum absolute atomic E-state index is 0.551. The molecule has 2 N–H and O–H groups in total. The molecule has 2 atom stereocenters. The van der Waals surface area contributed by atoms with Gasteiger partial charge >= 0.3 is 0 Å². The predicted octanol–water partition coefficient (Wildman–Crippen LogP) is 3.17. The zero-order chi connectivity index (χ0) is 14.0. The Labute approximate surface area is 118 Å². The zero-order valence-electron chi connectivity index (χ0n) is 12.9. The highest BCUT2D eigenvalue weighted by Gasteiger charge is 2.27. The summed E-state index contributed by atoms with van der Waals surface area (Å²) in [6.07, 6.45) is 2.63. The Hall–Kier alpha value is -0.860. The normalized spacial score (nSPS) is 24.7. The summed E-state index contributed by atoms with van der Waals surface area (Å²) in [5.41, 5.74) is 11.7. The van der Waals surface area contributed by atoms with E-state index in [2.05, 4.69) is 44.7 Å². The monoisotopic (exact) mass is 260 g/mol. The van der Waals surface area contributed by atoms with E-state index in [0.717, 1.165) is 19.0 Å². The van der Waals surface area contributed by atoms with E-state index in [1.807, 2.05) is 0 Å². The Kier molecular flexibility index (Phi) is 4.64. The molecule has 0 amide bonds. The van der Waals surface area contributed by atoms with Crippen LogP contribution in [-0.2, 0) is 6.54 Å². The number of hydrogen-bond acceptors (Lipinski definition) is 2. The molecule has 1 saturated heterocycles. The van der Waals surface area contributed by atoms with Crippen LogP contribution in [0, 0.1) is 26.7 Å². The molecular formula is C17H28N2. The molecule has 0 aliphatic carbocycles. The number of piperidine rings is 1. The third kappa shape index (κ3) is 3.18. The van der Waals surface area contributed by atoms with Crippen LogP contribution in [0.1, 0.15) is 42.0 Å². The van der Waals surface area contributed by atoms with Gasteiger partial charge in [-0.15, -0.1) is 0 Å². The Balaban J connectivity index is 2.18. The quantitative estimate of drug-likeness (QED) is 0.904. The number of nitrogens with zero attached hydrogens (tertiary/aromatic N) is 1. The van der Waals surface area contributed by atoms with Crippen LogP contribution in [0.15, 0.2) is 12.1 Å². The number of likely N-dealkylation sites (tertiary alicyclic amines) is 1. The van der Waals surface area contributed by atoms with Crippen LogP contribution in [0.3, 0.4) is 0 Å². The van der Waals surface area contributed by atoms with Crippen molar-refractivity contribution in [2.24, 2.45) is 11.7 Å². The van der Waals surface area contributed by atoms with Gasteiger partial charge in [0.25, 0.3) is 0 Å². The zero-order valence-corrected chi connectivity index (χ0v) is 12.9. The molecule has 0 bridgehead atoms. The first-order valence-corrected chi connectivity index (χ1v) is 7.53. The second kappa shape index (κ2) is 6.06. The number of hydrogen-bond donors (Lipinski definition) is 1. The smallest absolute Gasteiger partial charge is 0.0247 e. The van der Waals surface area contributed by atoms with E-state index < -0.39 is 0 Å². The predicted molar refractivity (Wildman–Crippen MR) is 82.3 cm³/mol. The maximum Gasteiger partial charge on any atom is 0.0247 e. The van der Waals surface area contributed by atoms with Crippen molar-refractivity contribution in [2.75, 3.05) is 13.1 Å². The topological polar surface area (TPSA) is 29.3 Å². The molecule has 0 saturated carbocycles. The van der Waals surface area contributed by atoms with Crippen LogP contribution in [0.5, 0.6) is 0 Å². The van der Waals surface area contributed by atoms with Crippen molar-refractivity contribution in [3.63, 3.8) is 0 Å². The lowest BCUT2D eigenvalue weighted by atomic mass is 9.90. The van der Waals surface area contributed by atoms with Crippen LogP contribution in [-0.4, -0.2) is 24.0 Å². The molecule has 0 aromatic heterocycles. The van der Waals surface area contributed by atoms with E-state index in [0.29, 0.717) is 6.04 Å². The second-order valence-electron chi connectivity index (χ2n) is 6.26. The maximum atomic E-state index is 5.99. The van der Waals surface area contributed by atoms with Crippen LogP contribution < -0.4 is 5.73 Å². The van der Waals surface area contributed by atoms with E-state index in [1.54, 1.807) is 0 Å². The van der Waals surface area contributed by atoms with Crippen LogP contribution in [0.25, 0.3) is 0 Å². The minimum atomic E-state index is 0.551. The minimum Gasteiger partial charge on any atom is -0.329 e. The van der Waals surface area contributed by atoms with E-state index in [-0.39, 0.29) is 0 Å². The first kappa shape index (κ1) is 14.5. The van der Waals surface area contributed by atoms with Gasteiger partial charge in [0.1, 0.15) is 0 Å². The summed E-state index contributed by atoms with van der Waals surface area (Å²) in [7, 11) is 0. The maximum absolute atomic E-state index is 5.99. The van der Waals surface area contributed by atoms with Gasteiger partial charge in [0, 0.05) is 19.1 Å². The summed E-state index contributed by atoms with van der Waals surface area (Å²) in [6.45, 7) is 12.0. The molecule has 19 heavy (non-hydrogen) atoms. The molecule has 1 aliphatic rings. The first-order chi connectivity index (χ1) is 9.02. The van der Waals surface area contributed by atoms with Crippen molar-refractivity contribution >= 4 is 0 Å². The molecule has 106 valence electrons. The molecule has 2 heteroatoms. The van der Waals surface area contributed by atoms with E-state index in [9.17, 15) is 0 Å². The van der Waals surface area contributed by atoms with Crippen molar-refractivity contribution < 1.29 is 0 Å². The fraction of sp³-hybridized carbons (Fsp3) is 0.647. The average molecular weight is 260 g/mol. The Morgan fingerprint density at radius 3 is 2.53 bits per heavy atom. The van der Waals surface area contributed by atoms with Gasteiger partial charge < -0.3 is 5.73 Å². The number of rotatable bonds is 3. The van der Waals surface area contributed by atoms with Crippen molar-refractivity contribution in [3.8, 4) is 0 Å². The molecular weight excluding hydrogens is 232 g/mol. The van der Waals surface area contributed by atoms with Gasteiger partial charge in [-0.3, -0.25) is 4.90 Å². The van der Waals surface area contributed by atoms with E-state index in [4.69, 9.17) is 5.73 Å². The van der Waals surface area contributed by atoms with Crippen molar-refractivity contribution in [1.82, 2.24) is 4.90 Å². The van der Waals surface area contributed by atoms with Gasteiger partial charge in [0.05, 0.1) is 0 Å². The van der Waals surface area contributed by atoms with E-state index >= 15 is 0 Å². The molecule has 2 nitrogen and oxygen atoms in total. The van der Waals surface area contributed by atoms with Crippen LogP contribution in [0.4, 0.5) is 0 Å². The van der Waals surface area contributed by atoms with Gasteiger partial charge in [-0.25, -0.2) is 0 Å². The van der Waals surface area contributed by atoms with Gasteiger partial charge in [-0.2, -0.15) is 0 Å². The lowest BCUT2D eigenvalue weighted by Crippen LogP contribution is -2.48. The van der Waals surface area contributed by atoms with Gasteiger partial charge in [0.2, 0.25) is 0 Å². The van der Waals surface area contributed by atoms with Crippen molar-refractivity contribution in [2.45, 2.75) is 53.1 Å². The molecule has 2 unspecified atom stereocenters. The molecule has 0 spiro atoms. The first-order valence-electron chi connectivity index (χ1n) is 7.53. The number of benzene rings is 1. The highest BCUT2D eigenvalue weighted by atomic mass is 15.2. The molecule has 1 aliphatic heterocycles. The average Bonchev–Trinajstić information content (AvgIpc) is 2.36. The van der Waals surface area contributed by atoms with Crippen LogP contribution >= 0.6 is 0 Å².